The van der Waals surface area contributed by atoms with Gasteiger partial charge >= 0.3 is 0 Å². The number of aryl methyl sites for hydroxylation is 1. The van der Waals surface area contributed by atoms with E-state index in [2.05, 4.69) is 44.3 Å². The molecule has 4 aromatic rings. The molecule has 3 aromatic heterocycles. The first kappa shape index (κ1) is 15.9. The Kier molecular flexibility index (Phi) is 4.05. The molecular formula is C19H16BrN3O2. The molecule has 5 nitrogen and oxygen atoms in total. The first-order valence-electron chi connectivity index (χ1n) is 7.89. The number of hydrogen-bond donors (Lipinski definition) is 0. The molecule has 6 heteroatoms. The highest BCUT2D eigenvalue weighted by Crippen LogP contribution is 2.33. The molecule has 0 atom stereocenters. The SMILES string of the molecule is Cc1c(C)n(Cc2ccco2)c2ncnc(Oc3ccc(Br)cc3)c12. The van der Waals surface area contributed by atoms with E-state index < -0.39 is 0 Å². The van der Waals surface area contributed by atoms with Crippen LogP contribution in [0.25, 0.3) is 11.0 Å². The van der Waals surface area contributed by atoms with Crippen molar-refractivity contribution in [2.75, 3.05) is 0 Å². The van der Waals surface area contributed by atoms with Crippen LogP contribution in [-0.4, -0.2) is 14.5 Å². The minimum atomic E-state index is 0.561. The smallest absolute Gasteiger partial charge is 0.232 e. The monoisotopic (exact) mass is 397 g/mol. The lowest BCUT2D eigenvalue weighted by Gasteiger charge is -2.07. The summed E-state index contributed by atoms with van der Waals surface area (Å²) >= 11 is 3.43. The van der Waals surface area contributed by atoms with E-state index in [4.69, 9.17) is 9.15 Å². The van der Waals surface area contributed by atoms with Crippen LogP contribution in [0.4, 0.5) is 0 Å². The molecule has 0 amide bonds. The average molecular weight is 398 g/mol. The van der Waals surface area contributed by atoms with Crippen LogP contribution < -0.4 is 4.74 Å². The van der Waals surface area contributed by atoms with Gasteiger partial charge in [-0.2, -0.15) is 0 Å². The minimum Gasteiger partial charge on any atom is -0.467 e. The van der Waals surface area contributed by atoms with Gasteiger partial charge in [0.1, 0.15) is 23.5 Å². The van der Waals surface area contributed by atoms with Crippen molar-refractivity contribution in [1.82, 2.24) is 14.5 Å². The zero-order chi connectivity index (χ0) is 17.4. The van der Waals surface area contributed by atoms with Gasteiger partial charge < -0.3 is 13.7 Å². The number of aromatic nitrogens is 3. The molecule has 0 radical (unpaired) electrons. The molecule has 0 aliphatic carbocycles. The van der Waals surface area contributed by atoms with E-state index in [-0.39, 0.29) is 0 Å². The van der Waals surface area contributed by atoms with Gasteiger partial charge in [0.25, 0.3) is 0 Å². The molecule has 0 aliphatic heterocycles. The average Bonchev–Trinajstić information content (AvgIpc) is 3.21. The molecule has 0 saturated heterocycles. The summed E-state index contributed by atoms with van der Waals surface area (Å²) in [6, 6.07) is 11.5. The van der Waals surface area contributed by atoms with Crippen LogP contribution in [0.15, 0.2) is 57.9 Å². The molecule has 0 fully saturated rings. The van der Waals surface area contributed by atoms with Crippen LogP contribution in [0.1, 0.15) is 17.0 Å². The van der Waals surface area contributed by atoms with Crippen LogP contribution in [0.2, 0.25) is 0 Å². The van der Waals surface area contributed by atoms with Gasteiger partial charge in [0.15, 0.2) is 0 Å². The van der Waals surface area contributed by atoms with Crippen molar-refractivity contribution in [2.24, 2.45) is 0 Å². The van der Waals surface area contributed by atoms with Crippen molar-refractivity contribution in [1.29, 1.82) is 0 Å². The normalized spacial score (nSPS) is 11.2. The number of hydrogen-bond acceptors (Lipinski definition) is 4. The first-order chi connectivity index (χ1) is 12.1. The number of ether oxygens (including phenoxy) is 1. The lowest BCUT2D eigenvalue weighted by Crippen LogP contribution is -2.02. The fraction of sp³-hybridized carbons (Fsp3) is 0.158. The lowest BCUT2D eigenvalue weighted by atomic mass is 10.2. The summed E-state index contributed by atoms with van der Waals surface area (Å²) in [7, 11) is 0. The van der Waals surface area contributed by atoms with Gasteiger partial charge in [-0.15, -0.1) is 0 Å². The van der Waals surface area contributed by atoms with Crippen molar-refractivity contribution in [2.45, 2.75) is 20.4 Å². The molecule has 0 spiro atoms. The third kappa shape index (κ3) is 2.93. The number of halogens is 1. The van der Waals surface area contributed by atoms with Crippen LogP contribution in [0.3, 0.4) is 0 Å². The van der Waals surface area contributed by atoms with Gasteiger partial charge in [0, 0.05) is 10.2 Å². The van der Waals surface area contributed by atoms with E-state index in [9.17, 15) is 0 Å². The maximum atomic E-state index is 6.02. The standard InChI is InChI=1S/C19H16BrN3O2/c1-12-13(2)23(10-16-4-3-9-24-16)18-17(12)19(22-11-21-18)25-15-7-5-14(20)6-8-15/h3-9,11H,10H2,1-2H3. The Morgan fingerprint density at radius 1 is 1.12 bits per heavy atom. The van der Waals surface area contributed by atoms with Gasteiger partial charge in [-0.3, -0.25) is 0 Å². The molecule has 0 saturated carbocycles. The highest BCUT2D eigenvalue weighted by molar-refractivity contribution is 9.10. The maximum Gasteiger partial charge on any atom is 0.232 e. The second-order valence-electron chi connectivity index (χ2n) is 5.81. The van der Waals surface area contributed by atoms with Crippen molar-refractivity contribution in [3.8, 4) is 11.6 Å². The Morgan fingerprint density at radius 2 is 1.92 bits per heavy atom. The molecular weight excluding hydrogens is 382 g/mol. The van der Waals surface area contributed by atoms with Crippen molar-refractivity contribution in [3.63, 3.8) is 0 Å². The fourth-order valence-electron chi connectivity index (χ4n) is 2.88. The number of nitrogens with zero attached hydrogens (tertiary/aromatic N) is 3. The molecule has 25 heavy (non-hydrogen) atoms. The number of fused-ring (bicyclic) bond motifs is 1. The Bertz CT molecular complexity index is 1020. The van der Waals surface area contributed by atoms with Crippen LogP contribution in [0, 0.1) is 13.8 Å². The van der Waals surface area contributed by atoms with Gasteiger partial charge in [-0.1, -0.05) is 15.9 Å². The summed E-state index contributed by atoms with van der Waals surface area (Å²) in [5, 5.41) is 0.925. The van der Waals surface area contributed by atoms with Crippen LogP contribution in [0.5, 0.6) is 11.6 Å². The quantitative estimate of drug-likeness (QED) is 0.472. The number of furan rings is 1. The highest BCUT2D eigenvalue weighted by atomic mass is 79.9. The second kappa shape index (κ2) is 6.37. The minimum absolute atomic E-state index is 0.561. The molecule has 1 aromatic carbocycles. The Labute approximate surface area is 153 Å². The number of rotatable bonds is 4. The molecule has 0 aliphatic rings. The Hall–Kier alpha value is -2.60. The zero-order valence-corrected chi connectivity index (χ0v) is 15.4. The van der Waals surface area contributed by atoms with Crippen molar-refractivity contribution in [3.05, 3.63) is 70.5 Å². The summed E-state index contributed by atoms with van der Waals surface area (Å²) in [5.41, 5.74) is 3.07. The van der Waals surface area contributed by atoms with Gasteiger partial charge in [-0.05, 0) is 55.8 Å². The van der Waals surface area contributed by atoms with E-state index in [0.717, 1.165) is 38.3 Å². The molecule has 0 N–H and O–H groups in total. The van der Waals surface area contributed by atoms with Crippen molar-refractivity contribution < 1.29 is 9.15 Å². The number of benzene rings is 1. The summed E-state index contributed by atoms with van der Waals surface area (Å²) in [6.45, 7) is 4.76. The summed E-state index contributed by atoms with van der Waals surface area (Å²) in [4.78, 5) is 8.84. The lowest BCUT2D eigenvalue weighted by molar-refractivity contribution is 0.467. The van der Waals surface area contributed by atoms with E-state index >= 15 is 0 Å². The first-order valence-corrected chi connectivity index (χ1v) is 8.69. The predicted octanol–water partition coefficient (Wildman–Crippen LogP) is 5.24. The van der Waals surface area contributed by atoms with E-state index in [0.29, 0.717) is 12.4 Å². The largest absolute Gasteiger partial charge is 0.467 e. The third-order valence-electron chi connectivity index (χ3n) is 4.29. The molecule has 0 unspecified atom stereocenters. The fourth-order valence-corrected chi connectivity index (χ4v) is 3.14. The van der Waals surface area contributed by atoms with Crippen LogP contribution in [-0.2, 0) is 6.54 Å². The second-order valence-corrected chi connectivity index (χ2v) is 6.73. The Balaban J connectivity index is 1.80. The maximum absolute atomic E-state index is 6.02. The van der Waals surface area contributed by atoms with Crippen LogP contribution >= 0.6 is 15.9 Å². The predicted molar refractivity (Wildman–Crippen MR) is 99.0 cm³/mol. The zero-order valence-electron chi connectivity index (χ0n) is 13.9. The van der Waals surface area contributed by atoms with E-state index in [1.165, 1.54) is 6.33 Å². The topological polar surface area (TPSA) is 53.1 Å². The van der Waals surface area contributed by atoms with E-state index in [1.807, 2.05) is 36.4 Å². The van der Waals surface area contributed by atoms with Gasteiger partial charge in [0.2, 0.25) is 5.88 Å². The van der Waals surface area contributed by atoms with E-state index in [1.54, 1.807) is 6.26 Å². The molecule has 126 valence electrons. The van der Waals surface area contributed by atoms with Gasteiger partial charge in [0.05, 0.1) is 18.2 Å². The molecule has 4 rings (SSSR count). The summed E-state index contributed by atoms with van der Waals surface area (Å²) < 4.78 is 14.6. The van der Waals surface area contributed by atoms with Gasteiger partial charge in [-0.25, -0.2) is 9.97 Å². The highest BCUT2D eigenvalue weighted by Gasteiger charge is 2.18. The third-order valence-corrected chi connectivity index (χ3v) is 4.82. The summed E-state index contributed by atoms with van der Waals surface area (Å²) in [6.07, 6.45) is 3.22. The van der Waals surface area contributed by atoms with Crippen molar-refractivity contribution >= 4 is 27.0 Å². The Morgan fingerprint density at radius 3 is 2.64 bits per heavy atom. The molecule has 0 bridgehead atoms. The molecule has 3 heterocycles. The summed E-state index contributed by atoms with van der Waals surface area (Å²) in [5.74, 6) is 2.18.